The normalized spacial score (nSPS) is 17.9. The quantitative estimate of drug-likeness (QED) is 0.889. The molecule has 6 nitrogen and oxygen atoms in total. The van der Waals surface area contributed by atoms with E-state index >= 15 is 0 Å². The van der Waals surface area contributed by atoms with Crippen LogP contribution in [0.25, 0.3) is 0 Å². The molecule has 1 N–H and O–H groups in total. The molecule has 1 atom stereocenters. The lowest BCUT2D eigenvalue weighted by Gasteiger charge is -2.22. The molecule has 0 aromatic heterocycles. The lowest BCUT2D eigenvalue weighted by molar-refractivity contribution is -0.146. The van der Waals surface area contributed by atoms with Crippen molar-refractivity contribution < 1.29 is 19.4 Å². The van der Waals surface area contributed by atoms with Crippen LogP contribution < -0.4 is 4.74 Å². The standard InChI is InChI=1S/C14H14N2O4/c1-20-12-4-2-9(7-15)6-10(12)8-16-11(14(18)19)3-5-13(16)17/h2,4,6,11H,3,5,8H2,1H3,(H,18,19). The minimum Gasteiger partial charge on any atom is -0.496 e. The van der Waals surface area contributed by atoms with Crippen LogP contribution in [0.2, 0.25) is 0 Å². The van der Waals surface area contributed by atoms with E-state index in [1.165, 1.54) is 12.0 Å². The maximum Gasteiger partial charge on any atom is 0.326 e. The Hall–Kier alpha value is -2.55. The van der Waals surface area contributed by atoms with Crippen LogP contribution in [0.15, 0.2) is 18.2 Å². The predicted molar refractivity (Wildman–Crippen MR) is 68.9 cm³/mol. The van der Waals surface area contributed by atoms with Gasteiger partial charge < -0.3 is 14.7 Å². The molecule has 104 valence electrons. The van der Waals surface area contributed by atoms with Crippen molar-refractivity contribution >= 4 is 11.9 Å². The maximum atomic E-state index is 11.8. The summed E-state index contributed by atoms with van der Waals surface area (Å²) in [7, 11) is 1.49. The topological polar surface area (TPSA) is 90.6 Å². The van der Waals surface area contributed by atoms with Gasteiger partial charge in [0.15, 0.2) is 0 Å². The fourth-order valence-corrected chi connectivity index (χ4v) is 2.34. The number of amides is 1. The SMILES string of the molecule is COc1ccc(C#N)cc1CN1C(=O)CCC1C(=O)O. The molecule has 1 amide bonds. The number of carbonyl (C=O) groups is 2. The highest BCUT2D eigenvalue weighted by Gasteiger charge is 2.36. The van der Waals surface area contributed by atoms with Gasteiger partial charge in [0.05, 0.1) is 25.3 Å². The molecular formula is C14H14N2O4. The highest BCUT2D eigenvalue weighted by atomic mass is 16.5. The molecule has 20 heavy (non-hydrogen) atoms. The number of nitriles is 1. The second-order valence-electron chi connectivity index (χ2n) is 4.55. The summed E-state index contributed by atoms with van der Waals surface area (Å²) in [4.78, 5) is 24.3. The second kappa shape index (κ2) is 5.61. The van der Waals surface area contributed by atoms with E-state index in [2.05, 4.69) is 0 Å². The van der Waals surface area contributed by atoms with Gasteiger partial charge >= 0.3 is 5.97 Å². The molecule has 1 aromatic rings. The fraction of sp³-hybridized carbons (Fsp3) is 0.357. The van der Waals surface area contributed by atoms with E-state index in [9.17, 15) is 9.59 Å². The summed E-state index contributed by atoms with van der Waals surface area (Å²) in [6.07, 6.45) is 0.547. The van der Waals surface area contributed by atoms with Gasteiger partial charge in [0, 0.05) is 12.0 Å². The van der Waals surface area contributed by atoms with Gasteiger partial charge in [-0.05, 0) is 24.6 Å². The van der Waals surface area contributed by atoms with E-state index in [0.717, 1.165) is 0 Å². The van der Waals surface area contributed by atoms with Crippen LogP contribution in [0, 0.1) is 11.3 Å². The number of rotatable bonds is 4. The fourth-order valence-electron chi connectivity index (χ4n) is 2.34. The number of hydrogen-bond donors (Lipinski definition) is 1. The Morgan fingerprint density at radius 3 is 2.95 bits per heavy atom. The van der Waals surface area contributed by atoms with Gasteiger partial charge in [0.2, 0.25) is 5.91 Å². The summed E-state index contributed by atoms with van der Waals surface area (Å²) in [6, 6.07) is 6.08. The first-order valence-electron chi connectivity index (χ1n) is 6.16. The van der Waals surface area contributed by atoms with Gasteiger partial charge in [0.1, 0.15) is 11.8 Å². The number of hydrogen-bond acceptors (Lipinski definition) is 4. The van der Waals surface area contributed by atoms with Crippen molar-refractivity contribution in [3.8, 4) is 11.8 Å². The molecule has 0 bridgehead atoms. The van der Waals surface area contributed by atoms with Gasteiger partial charge in [-0.3, -0.25) is 4.79 Å². The number of carboxylic acids is 1. The van der Waals surface area contributed by atoms with Crippen LogP contribution in [0.3, 0.4) is 0 Å². The Morgan fingerprint density at radius 1 is 1.60 bits per heavy atom. The summed E-state index contributed by atoms with van der Waals surface area (Å²) in [5, 5.41) is 18.0. The first-order chi connectivity index (χ1) is 9.56. The zero-order chi connectivity index (χ0) is 14.7. The molecule has 1 fully saturated rings. The van der Waals surface area contributed by atoms with E-state index in [1.807, 2.05) is 6.07 Å². The number of ether oxygens (including phenoxy) is 1. The highest BCUT2D eigenvalue weighted by Crippen LogP contribution is 2.26. The first kappa shape index (κ1) is 13.9. The van der Waals surface area contributed by atoms with Crippen molar-refractivity contribution in [1.82, 2.24) is 4.90 Å². The third kappa shape index (κ3) is 2.57. The lowest BCUT2D eigenvalue weighted by Crippen LogP contribution is -2.38. The number of methoxy groups -OCH3 is 1. The largest absolute Gasteiger partial charge is 0.496 e. The summed E-state index contributed by atoms with van der Waals surface area (Å²) in [6.45, 7) is 0.133. The van der Waals surface area contributed by atoms with Crippen molar-refractivity contribution in [2.75, 3.05) is 7.11 Å². The minimum atomic E-state index is -1.01. The number of benzene rings is 1. The summed E-state index contributed by atoms with van der Waals surface area (Å²) in [5.41, 5.74) is 1.08. The molecule has 0 radical (unpaired) electrons. The third-order valence-corrected chi connectivity index (χ3v) is 3.36. The van der Waals surface area contributed by atoms with Crippen molar-refractivity contribution in [2.45, 2.75) is 25.4 Å². The van der Waals surface area contributed by atoms with Gasteiger partial charge in [-0.15, -0.1) is 0 Å². The van der Waals surface area contributed by atoms with Crippen LogP contribution >= 0.6 is 0 Å². The molecule has 1 heterocycles. The van der Waals surface area contributed by atoms with Crippen LogP contribution in [-0.2, 0) is 16.1 Å². The van der Waals surface area contributed by atoms with Crippen LogP contribution in [0.5, 0.6) is 5.75 Å². The van der Waals surface area contributed by atoms with E-state index in [4.69, 9.17) is 15.1 Å². The molecule has 1 saturated heterocycles. The molecule has 1 aliphatic heterocycles. The van der Waals surface area contributed by atoms with E-state index < -0.39 is 12.0 Å². The zero-order valence-corrected chi connectivity index (χ0v) is 11.0. The molecule has 1 aliphatic rings. The molecule has 2 rings (SSSR count). The van der Waals surface area contributed by atoms with Crippen LogP contribution in [-0.4, -0.2) is 35.0 Å². The molecule has 1 unspecified atom stereocenters. The van der Waals surface area contributed by atoms with Crippen LogP contribution in [0.1, 0.15) is 24.0 Å². The van der Waals surface area contributed by atoms with Gasteiger partial charge in [-0.2, -0.15) is 5.26 Å². The number of likely N-dealkylation sites (tertiary alicyclic amines) is 1. The summed E-state index contributed by atoms with van der Waals surface area (Å²) < 4.78 is 5.19. The van der Waals surface area contributed by atoms with E-state index in [1.54, 1.807) is 18.2 Å². The number of aliphatic carboxylic acids is 1. The van der Waals surface area contributed by atoms with Crippen LogP contribution in [0.4, 0.5) is 0 Å². The molecule has 0 spiro atoms. The maximum absolute atomic E-state index is 11.8. The molecule has 1 aromatic carbocycles. The van der Waals surface area contributed by atoms with E-state index in [-0.39, 0.29) is 18.9 Å². The van der Waals surface area contributed by atoms with E-state index in [0.29, 0.717) is 23.3 Å². The van der Waals surface area contributed by atoms with Crippen molar-refractivity contribution in [2.24, 2.45) is 0 Å². The lowest BCUT2D eigenvalue weighted by atomic mass is 10.1. The molecular weight excluding hydrogens is 260 g/mol. The first-order valence-corrected chi connectivity index (χ1v) is 6.16. The Morgan fingerprint density at radius 2 is 2.35 bits per heavy atom. The third-order valence-electron chi connectivity index (χ3n) is 3.36. The molecule has 0 aliphatic carbocycles. The summed E-state index contributed by atoms with van der Waals surface area (Å²) in [5.74, 6) is -0.666. The van der Waals surface area contributed by atoms with Gasteiger partial charge in [0.25, 0.3) is 0 Å². The Kier molecular flexibility index (Phi) is 3.89. The second-order valence-corrected chi connectivity index (χ2v) is 4.55. The van der Waals surface area contributed by atoms with Crippen molar-refractivity contribution in [3.63, 3.8) is 0 Å². The Balaban J connectivity index is 2.30. The van der Waals surface area contributed by atoms with Gasteiger partial charge in [-0.1, -0.05) is 0 Å². The Bertz CT molecular complexity index is 591. The highest BCUT2D eigenvalue weighted by molar-refractivity contribution is 5.87. The average molecular weight is 274 g/mol. The van der Waals surface area contributed by atoms with Crippen molar-refractivity contribution in [1.29, 1.82) is 5.26 Å². The average Bonchev–Trinajstić information content (AvgIpc) is 2.80. The summed E-state index contributed by atoms with van der Waals surface area (Å²) >= 11 is 0. The minimum absolute atomic E-state index is 0.133. The van der Waals surface area contributed by atoms with Gasteiger partial charge in [-0.25, -0.2) is 4.79 Å². The smallest absolute Gasteiger partial charge is 0.326 e. The molecule has 6 heteroatoms. The number of carbonyl (C=O) groups excluding carboxylic acids is 1. The monoisotopic (exact) mass is 274 g/mol. The number of nitrogens with zero attached hydrogens (tertiary/aromatic N) is 2. The zero-order valence-electron chi connectivity index (χ0n) is 11.0. The Labute approximate surface area is 116 Å². The molecule has 0 saturated carbocycles. The number of carboxylic acid groups (broad SMARTS) is 1. The predicted octanol–water partition coefficient (Wildman–Crippen LogP) is 1.14. The van der Waals surface area contributed by atoms with Crippen molar-refractivity contribution in [3.05, 3.63) is 29.3 Å².